The summed E-state index contributed by atoms with van der Waals surface area (Å²) in [6.45, 7) is 2.16. The van der Waals surface area contributed by atoms with Gasteiger partial charge in [0.1, 0.15) is 5.75 Å². The number of ether oxygens (including phenoxy) is 1. The molecule has 1 N–H and O–H groups in total. The molecule has 0 amide bonds. The van der Waals surface area contributed by atoms with Gasteiger partial charge in [0.25, 0.3) is 0 Å². The van der Waals surface area contributed by atoms with Gasteiger partial charge in [0.2, 0.25) is 11.7 Å². The third kappa shape index (κ3) is 2.99. The van der Waals surface area contributed by atoms with Crippen molar-refractivity contribution in [3.8, 4) is 17.1 Å². The topological polar surface area (TPSA) is 60.2 Å². The number of benzene rings is 1. The average molecular weight is 273 g/mol. The van der Waals surface area contributed by atoms with E-state index in [1.165, 1.54) is 12.8 Å². The first-order valence-corrected chi connectivity index (χ1v) is 7.03. The van der Waals surface area contributed by atoms with Gasteiger partial charge < -0.3 is 14.6 Å². The van der Waals surface area contributed by atoms with Gasteiger partial charge in [0, 0.05) is 12.0 Å². The highest BCUT2D eigenvalue weighted by molar-refractivity contribution is 5.56. The quantitative estimate of drug-likeness (QED) is 0.926. The number of rotatable bonds is 4. The SMILES string of the molecule is COc1cccc(-c2noc(CC3CCCNC3)n2)c1. The summed E-state index contributed by atoms with van der Waals surface area (Å²) in [4.78, 5) is 4.49. The van der Waals surface area contributed by atoms with E-state index in [9.17, 15) is 0 Å². The van der Waals surface area contributed by atoms with Crippen molar-refractivity contribution < 1.29 is 9.26 Å². The van der Waals surface area contributed by atoms with Crippen LogP contribution in [0.2, 0.25) is 0 Å². The predicted molar refractivity (Wildman–Crippen MR) is 75.6 cm³/mol. The fraction of sp³-hybridized carbons (Fsp3) is 0.467. The van der Waals surface area contributed by atoms with Gasteiger partial charge in [-0.25, -0.2) is 0 Å². The molecule has 0 radical (unpaired) electrons. The fourth-order valence-corrected chi connectivity index (χ4v) is 2.56. The lowest BCUT2D eigenvalue weighted by Crippen LogP contribution is -2.30. The van der Waals surface area contributed by atoms with Crippen LogP contribution in [-0.4, -0.2) is 30.3 Å². The molecule has 3 rings (SSSR count). The largest absolute Gasteiger partial charge is 0.497 e. The zero-order chi connectivity index (χ0) is 13.8. The molecule has 1 aromatic heterocycles. The van der Waals surface area contributed by atoms with Gasteiger partial charge >= 0.3 is 0 Å². The Bertz CT molecular complexity index is 562. The van der Waals surface area contributed by atoms with Crippen LogP contribution in [0.1, 0.15) is 18.7 Å². The summed E-state index contributed by atoms with van der Waals surface area (Å²) in [5.41, 5.74) is 0.918. The molecule has 106 valence electrons. The molecule has 5 heteroatoms. The lowest BCUT2D eigenvalue weighted by Gasteiger charge is -2.20. The molecule has 1 atom stereocenters. The summed E-state index contributed by atoms with van der Waals surface area (Å²) in [7, 11) is 1.65. The minimum Gasteiger partial charge on any atom is -0.497 e. The van der Waals surface area contributed by atoms with Crippen molar-refractivity contribution in [2.45, 2.75) is 19.3 Å². The summed E-state index contributed by atoms with van der Waals surface area (Å²) in [6, 6.07) is 7.70. The van der Waals surface area contributed by atoms with Crippen LogP contribution in [0.5, 0.6) is 5.75 Å². The third-order valence-electron chi connectivity index (χ3n) is 3.66. The maximum Gasteiger partial charge on any atom is 0.227 e. The van der Waals surface area contributed by atoms with Crippen LogP contribution in [0.3, 0.4) is 0 Å². The maximum atomic E-state index is 5.37. The highest BCUT2D eigenvalue weighted by Crippen LogP contribution is 2.22. The van der Waals surface area contributed by atoms with E-state index >= 15 is 0 Å². The van der Waals surface area contributed by atoms with Crippen molar-refractivity contribution in [1.29, 1.82) is 0 Å². The second-order valence-corrected chi connectivity index (χ2v) is 5.16. The van der Waals surface area contributed by atoms with E-state index < -0.39 is 0 Å². The van der Waals surface area contributed by atoms with E-state index in [0.717, 1.165) is 36.7 Å². The fourth-order valence-electron chi connectivity index (χ4n) is 2.56. The molecule has 1 aliphatic rings. The summed E-state index contributed by atoms with van der Waals surface area (Å²) < 4.78 is 10.6. The number of piperidine rings is 1. The molecule has 0 spiro atoms. The number of methoxy groups -OCH3 is 1. The molecular formula is C15H19N3O2. The van der Waals surface area contributed by atoms with Gasteiger partial charge in [-0.15, -0.1) is 0 Å². The first kappa shape index (κ1) is 13.1. The Morgan fingerprint density at radius 2 is 2.40 bits per heavy atom. The molecule has 20 heavy (non-hydrogen) atoms. The minimum atomic E-state index is 0.599. The van der Waals surface area contributed by atoms with Crippen LogP contribution >= 0.6 is 0 Å². The second kappa shape index (κ2) is 6.05. The summed E-state index contributed by atoms with van der Waals surface area (Å²) in [6.07, 6.45) is 3.30. The molecule has 1 aromatic carbocycles. The maximum absolute atomic E-state index is 5.37. The van der Waals surface area contributed by atoms with Crippen LogP contribution in [-0.2, 0) is 6.42 Å². The zero-order valence-electron chi connectivity index (χ0n) is 11.6. The molecule has 1 fully saturated rings. The predicted octanol–water partition coefficient (Wildman–Crippen LogP) is 2.29. The highest BCUT2D eigenvalue weighted by Gasteiger charge is 2.17. The van der Waals surface area contributed by atoms with Gasteiger partial charge in [-0.2, -0.15) is 4.98 Å². The molecule has 0 bridgehead atoms. The van der Waals surface area contributed by atoms with Crippen LogP contribution in [0, 0.1) is 5.92 Å². The van der Waals surface area contributed by atoms with Gasteiger partial charge in [-0.3, -0.25) is 0 Å². The second-order valence-electron chi connectivity index (χ2n) is 5.16. The Morgan fingerprint density at radius 1 is 1.45 bits per heavy atom. The summed E-state index contributed by atoms with van der Waals surface area (Å²) in [5.74, 6) is 2.74. The van der Waals surface area contributed by atoms with Crippen molar-refractivity contribution in [2.24, 2.45) is 5.92 Å². The molecule has 2 heterocycles. The standard InChI is InChI=1S/C15H19N3O2/c1-19-13-6-2-5-12(9-13)15-17-14(20-18-15)8-11-4-3-7-16-10-11/h2,5-6,9,11,16H,3-4,7-8,10H2,1H3. The molecule has 5 nitrogen and oxygen atoms in total. The molecule has 1 aliphatic heterocycles. The monoisotopic (exact) mass is 273 g/mol. The lowest BCUT2D eigenvalue weighted by molar-refractivity contribution is 0.316. The zero-order valence-corrected chi connectivity index (χ0v) is 11.6. The Hall–Kier alpha value is -1.88. The number of nitrogens with one attached hydrogen (secondary N) is 1. The van der Waals surface area contributed by atoms with Crippen molar-refractivity contribution in [1.82, 2.24) is 15.5 Å². The van der Waals surface area contributed by atoms with Crippen LogP contribution in [0.4, 0.5) is 0 Å². The number of hydrogen-bond donors (Lipinski definition) is 1. The van der Waals surface area contributed by atoms with Gasteiger partial charge in [-0.05, 0) is 44.0 Å². The molecule has 2 aromatic rings. The van der Waals surface area contributed by atoms with Crippen molar-refractivity contribution in [3.63, 3.8) is 0 Å². The van der Waals surface area contributed by atoms with Crippen molar-refractivity contribution in [3.05, 3.63) is 30.2 Å². The van der Waals surface area contributed by atoms with E-state index in [0.29, 0.717) is 11.7 Å². The summed E-state index contributed by atoms with van der Waals surface area (Å²) >= 11 is 0. The summed E-state index contributed by atoms with van der Waals surface area (Å²) in [5, 5.41) is 7.47. The first-order valence-electron chi connectivity index (χ1n) is 7.03. The molecule has 1 saturated heterocycles. The van der Waals surface area contributed by atoms with Crippen LogP contribution < -0.4 is 10.1 Å². The van der Waals surface area contributed by atoms with Crippen LogP contribution in [0.15, 0.2) is 28.8 Å². The molecule has 1 unspecified atom stereocenters. The smallest absolute Gasteiger partial charge is 0.227 e. The van der Waals surface area contributed by atoms with Gasteiger partial charge in [0.15, 0.2) is 0 Å². The van der Waals surface area contributed by atoms with Crippen molar-refractivity contribution >= 4 is 0 Å². The third-order valence-corrected chi connectivity index (χ3v) is 3.66. The van der Waals surface area contributed by atoms with E-state index in [-0.39, 0.29) is 0 Å². The number of aromatic nitrogens is 2. The Morgan fingerprint density at radius 3 is 3.20 bits per heavy atom. The molecular weight excluding hydrogens is 254 g/mol. The average Bonchev–Trinajstić information content (AvgIpc) is 2.97. The Balaban J connectivity index is 1.72. The van der Waals surface area contributed by atoms with Gasteiger partial charge in [0.05, 0.1) is 7.11 Å². The Labute approximate surface area is 118 Å². The lowest BCUT2D eigenvalue weighted by atomic mass is 9.96. The number of hydrogen-bond acceptors (Lipinski definition) is 5. The molecule has 0 aliphatic carbocycles. The molecule has 0 saturated carbocycles. The number of nitrogens with zero attached hydrogens (tertiary/aromatic N) is 2. The van der Waals surface area contributed by atoms with E-state index in [4.69, 9.17) is 9.26 Å². The highest BCUT2D eigenvalue weighted by atomic mass is 16.5. The van der Waals surface area contributed by atoms with Crippen molar-refractivity contribution in [2.75, 3.05) is 20.2 Å². The van der Waals surface area contributed by atoms with Gasteiger partial charge in [-0.1, -0.05) is 17.3 Å². The first-order chi connectivity index (χ1) is 9.85. The normalized spacial score (nSPS) is 18.9. The van der Waals surface area contributed by atoms with Crippen LogP contribution in [0.25, 0.3) is 11.4 Å². The van der Waals surface area contributed by atoms with E-state index in [2.05, 4.69) is 15.5 Å². The van der Waals surface area contributed by atoms with E-state index in [1.54, 1.807) is 7.11 Å². The minimum absolute atomic E-state index is 0.599. The van der Waals surface area contributed by atoms with E-state index in [1.807, 2.05) is 24.3 Å². The Kier molecular flexibility index (Phi) is 3.97.